The van der Waals surface area contributed by atoms with Gasteiger partial charge in [-0.3, -0.25) is 9.97 Å². The van der Waals surface area contributed by atoms with E-state index >= 15 is 0 Å². The molecule has 0 aliphatic rings. The number of nitrogens with zero attached hydrogens (tertiary/aromatic N) is 3. The van der Waals surface area contributed by atoms with Crippen LogP contribution in [0, 0.1) is 6.57 Å². The molecule has 0 radical (unpaired) electrons. The lowest BCUT2D eigenvalue weighted by Crippen LogP contribution is -1.98. The molecule has 0 N–H and O–H groups in total. The molecule has 0 fully saturated rings. The van der Waals surface area contributed by atoms with Gasteiger partial charge in [-0.15, -0.1) is 0 Å². The predicted octanol–water partition coefficient (Wildman–Crippen LogP) is 2.68. The number of aromatic nitrogens is 2. The van der Waals surface area contributed by atoms with E-state index in [1.165, 1.54) is 0 Å². The van der Waals surface area contributed by atoms with Crippen molar-refractivity contribution in [2.24, 2.45) is 0 Å². The Bertz CT molecular complexity index is 474. The maximum Gasteiger partial charge on any atom is 0.252 e. The highest BCUT2D eigenvalue weighted by Gasteiger charge is 2.15. The van der Waals surface area contributed by atoms with Gasteiger partial charge in [-0.2, -0.15) is 0 Å². The van der Waals surface area contributed by atoms with Gasteiger partial charge in [-0.25, -0.2) is 6.57 Å². The van der Waals surface area contributed by atoms with Gasteiger partial charge < -0.3 is 4.85 Å². The van der Waals surface area contributed by atoms with Crippen LogP contribution in [0.1, 0.15) is 17.2 Å². The van der Waals surface area contributed by atoms with Crippen molar-refractivity contribution in [3.05, 3.63) is 71.6 Å². The van der Waals surface area contributed by atoms with Crippen LogP contribution in [0.25, 0.3) is 4.85 Å². The van der Waals surface area contributed by atoms with Crippen molar-refractivity contribution in [3.8, 4) is 0 Å². The van der Waals surface area contributed by atoms with E-state index in [1.54, 1.807) is 24.8 Å². The minimum atomic E-state index is -0.134. The largest absolute Gasteiger partial charge is 0.308 e. The van der Waals surface area contributed by atoms with Crippen LogP contribution in [0.15, 0.2) is 49.1 Å². The first-order chi connectivity index (χ1) is 7.90. The van der Waals surface area contributed by atoms with Crippen LogP contribution in [0.3, 0.4) is 0 Å². The summed E-state index contributed by atoms with van der Waals surface area (Å²) in [6, 6.07) is 7.54. The summed E-state index contributed by atoms with van der Waals surface area (Å²) >= 11 is 0. The fraction of sp³-hybridized carbons (Fsp3) is 0.154. The molecule has 0 aliphatic carbocycles. The Balaban J connectivity index is 2.17. The third kappa shape index (κ3) is 2.43. The van der Waals surface area contributed by atoms with E-state index in [9.17, 15) is 0 Å². The number of hydrogen-bond acceptors (Lipinski definition) is 2. The summed E-state index contributed by atoms with van der Waals surface area (Å²) in [6.45, 7) is 7.24. The van der Waals surface area contributed by atoms with Crippen LogP contribution in [-0.4, -0.2) is 9.97 Å². The van der Waals surface area contributed by atoms with Gasteiger partial charge in [0, 0.05) is 30.4 Å². The van der Waals surface area contributed by atoms with Crippen molar-refractivity contribution in [2.45, 2.75) is 12.5 Å². The van der Waals surface area contributed by atoms with Crippen LogP contribution >= 0.6 is 0 Å². The van der Waals surface area contributed by atoms with E-state index < -0.39 is 0 Å². The summed E-state index contributed by atoms with van der Waals surface area (Å²) in [5, 5.41) is 0. The van der Waals surface area contributed by atoms with Gasteiger partial charge in [0.1, 0.15) is 0 Å². The molecule has 2 rings (SSSR count). The highest BCUT2D eigenvalue weighted by Crippen LogP contribution is 2.21. The van der Waals surface area contributed by atoms with Crippen LogP contribution in [-0.2, 0) is 6.42 Å². The Morgan fingerprint density at radius 1 is 1.00 bits per heavy atom. The Hall–Kier alpha value is -2.21. The van der Waals surface area contributed by atoms with E-state index in [2.05, 4.69) is 14.8 Å². The molecule has 3 nitrogen and oxygen atoms in total. The van der Waals surface area contributed by atoms with E-state index in [0.29, 0.717) is 0 Å². The lowest BCUT2D eigenvalue weighted by molar-refractivity contribution is 0.826. The molecule has 0 bridgehead atoms. The number of rotatable bonds is 3. The van der Waals surface area contributed by atoms with Gasteiger partial charge in [-0.1, -0.05) is 0 Å². The molecular weight excluding hydrogens is 198 g/mol. The summed E-state index contributed by atoms with van der Waals surface area (Å²) in [5.74, 6) is 0. The summed E-state index contributed by atoms with van der Waals surface area (Å²) < 4.78 is 0. The topological polar surface area (TPSA) is 30.1 Å². The first-order valence-corrected chi connectivity index (χ1v) is 5.05. The molecule has 0 spiro atoms. The number of pyridine rings is 2. The van der Waals surface area contributed by atoms with Gasteiger partial charge in [-0.05, 0) is 29.8 Å². The zero-order chi connectivity index (χ0) is 11.2. The molecule has 0 saturated carbocycles. The Kier molecular flexibility index (Phi) is 3.25. The molecule has 1 unspecified atom stereocenters. The average molecular weight is 209 g/mol. The van der Waals surface area contributed by atoms with E-state index in [-0.39, 0.29) is 6.04 Å². The minimum absolute atomic E-state index is 0.134. The maximum atomic E-state index is 7.24. The van der Waals surface area contributed by atoms with E-state index in [4.69, 9.17) is 6.57 Å². The normalized spacial score (nSPS) is 11.7. The molecule has 0 aliphatic heterocycles. The van der Waals surface area contributed by atoms with Crippen molar-refractivity contribution < 1.29 is 0 Å². The molecule has 0 aromatic carbocycles. The molecule has 16 heavy (non-hydrogen) atoms. The molecule has 0 saturated heterocycles. The zero-order valence-corrected chi connectivity index (χ0v) is 8.74. The molecule has 2 heterocycles. The van der Waals surface area contributed by atoms with Gasteiger partial charge in [0.05, 0.1) is 6.42 Å². The molecule has 2 aromatic rings. The fourth-order valence-corrected chi connectivity index (χ4v) is 1.57. The molecule has 1 atom stereocenters. The maximum absolute atomic E-state index is 7.24. The highest BCUT2D eigenvalue weighted by molar-refractivity contribution is 5.23. The molecular formula is C13H11N3. The van der Waals surface area contributed by atoms with Crippen LogP contribution in [0.5, 0.6) is 0 Å². The third-order valence-electron chi connectivity index (χ3n) is 2.43. The first kappa shape index (κ1) is 10.3. The third-order valence-corrected chi connectivity index (χ3v) is 2.43. The first-order valence-electron chi connectivity index (χ1n) is 5.05. The zero-order valence-electron chi connectivity index (χ0n) is 8.74. The Labute approximate surface area is 94.6 Å². The van der Waals surface area contributed by atoms with Crippen LogP contribution < -0.4 is 0 Å². The summed E-state index contributed by atoms with van der Waals surface area (Å²) in [6.07, 6.45) is 7.67. The van der Waals surface area contributed by atoms with Crippen molar-refractivity contribution >= 4 is 0 Å². The lowest BCUT2D eigenvalue weighted by Gasteiger charge is -2.05. The lowest BCUT2D eigenvalue weighted by atomic mass is 10.0. The second kappa shape index (κ2) is 5.04. The number of hydrogen-bond donors (Lipinski definition) is 0. The summed E-state index contributed by atoms with van der Waals surface area (Å²) in [4.78, 5) is 11.6. The monoisotopic (exact) mass is 209 g/mol. The SMILES string of the molecule is [C-]#[N+]C(Cc1ccncc1)c1ccncc1. The second-order valence-corrected chi connectivity index (χ2v) is 3.49. The quantitative estimate of drug-likeness (QED) is 0.727. The van der Waals surface area contributed by atoms with Crippen molar-refractivity contribution in [3.63, 3.8) is 0 Å². The van der Waals surface area contributed by atoms with Gasteiger partial charge in [0.15, 0.2) is 0 Å². The summed E-state index contributed by atoms with van der Waals surface area (Å²) in [5.41, 5.74) is 2.15. The smallest absolute Gasteiger partial charge is 0.252 e. The fourth-order valence-electron chi connectivity index (χ4n) is 1.57. The van der Waals surface area contributed by atoms with Gasteiger partial charge >= 0.3 is 0 Å². The Morgan fingerprint density at radius 3 is 2.12 bits per heavy atom. The van der Waals surface area contributed by atoms with Crippen molar-refractivity contribution in [1.82, 2.24) is 9.97 Å². The summed E-state index contributed by atoms with van der Waals surface area (Å²) in [7, 11) is 0. The predicted molar refractivity (Wildman–Crippen MR) is 61.5 cm³/mol. The van der Waals surface area contributed by atoms with Gasteiger partial charge in [0.25, 0.3) is 6.04 Å². The molecule has 2 aromatic heterocycles. The average Bonchev–Trinajstić information content (AvgIpc) is 2.38. The van der Waals surface area contributed by atoms with Crippen LogP contribution in [0.4, 0.5) is 0 Å². The Morgan fingerprint density at radius 2 is 1.56 bits per heavy atom. The highest BCUT2D eigenvalue weighted by atomic mass is 14.7. The molecule has 3 heteroatoms. The van der Waals surface area contributed by atoms with E-state index in [0.717, 1.165) is 17.5 Å². The second-order valence-electron chi connectivity index (χ2n) is 3.49. The van der Waals surface area contributed by atoms with Crippen molar-refractivity contribution in [2.75, 3.05) is 0 Å². The molecule has 0 amide bonds. The van der Waals surface area contributed by atoms with Crippen LogP contribution in [0.2, 0.25) is 0 Å². The molecule has 78 valence electrons. The standard InChI is InChI=1S/C13H11N3/c1-14-13(12-4-8-16-9-5-12)10-11-2-6-15-7-3-11/h2-9,13H,10H2. The van der Waals surface area contributed by atoms with Crippen molar-refractivity contribution in [1.29, 1.82) is 0 Å². The van der Waals surface area contributed by atoms with Gasteiger partial charge in [0.2, 0.25) is 0 Å². The minimum Gasteiger partial charge on any atom is -0.308 e. The van der Waals surface area contributed by atoms with E-state index in [1.807, 2.05) is 24.3 Å².